The Bertz CT molecular complexity index is 474. The summed E-state index contributed by atoms with van der Waals surface area (Å²) >= 11 is 5.95. The van der Waals surface area contributed by atoms with E-state index in [9.17, 15) is 9.59 Å². The Hall–Kier alpha value is -1.55. The second kappa shape index (κ2) is 7.14. The first-order valence-corrected chi connectivity index (χ1v) is 6.67. The number of carbonyl (C=O) groups excluding carboxylic acids is 1. The summed E-state index contributed by atoms with van der Waals surface area (Å²) in [5.41, 5.74) is 0.544. The first-order chi connectivity index (χ1) is 8.95. The molecule has 1 rings (SSSR count). The van der Waals surface area contributed by atoms with Crippen LogP contribution in [0.25, 0.3) is 0 Å². The number of rotatable bonds is 6. The van der Waals surface area contributed by atoms with E-state index < -0.39 is 5.97 Å². The molecule has 1 atom stereocenters. The van der Waals surface area contributed by atoms with Gasteiger partial charge >= 0.3 is 5.97 Å². The lowest BCUT2D eigenvalue weighted by Gasteiger charge is -2.13. The molecule has 1 amide bonds. The summed E-state index contributed by atoms with van der Waals surface area (Å²) < 4.78 is 0. The summed E-state index contributed by atoms with van der Waals surface area (Å²) in [5.74, 6) is -1.23. The number of aromatic carboxylic acids is 1. The fourth-order valence-corrected chi connectivity index (χ4v) is 1.87. The zero-order chi connectivity index (χ0) is 14.4. The van der Waals surface area contributed by atoms with Crippen LogP contribution in [0, 0.1) is 5.92 Å². The Labute approximate surface area is 117 Å². The Morgan fingerprint density at radius 1 is 1.42 bits per heavy atom. The van der Waals surface area contributed by atoms with Crippen molar-refractivity contribution < 1.29 is 14.7 Å². The van der Waals surface area contributed by atoms with Gasteiger partial charge in [-0.3, -0.25) is 4.79 Å². The second-order valence-electron chi connectivity index (χ2n) is 4.53. The first kappa shape index (κ1) is 15.5. The van der Waals surface area contributed by atoms with Gasteiger partial charge in [-0.25, -0.2) is 4.79 Å². The predicted octanol–water partition coefficient (Wildman–Crippen LogP) is 3.80. The molecule has 104 valence electrons. The fourth-order valence-electron chi connectivity index (χ4n) is 1.65. The van der Waals surface area contributed by atoms with E-state index in [1.54, 1.807) is 0 Å². The maximum Gasteiger partial charge on any atom is 0.335 e. The third-order valence-corrected chi connectivity index (χ3v) is 3.22. The molecule has 0 radical (unpaired) electrons. The number of unbranched alkanes of at least 4 members (excludes halogenated alkanes) is 1. The molecule has 5 heteroatoms. The molecule has 2 N–H and O–H groups in total. The highest BCUT2D eigenvalue weighted by atomic mass is 35.5. The van der Waals surface area contributed by atoms with Gasteiger partial charge in [-0.1, -0.05) is 38.3 Å². The van der Waals surface area contributed by atoms with Gasteiger partial charge in [0.25, 0.3) is 0 Å². The molecule has 19 heavy (non-hydrogen) atoms. The van der Waals surface area contributed by atoms with E-state index in [1.807, 2.05) is 6.92 Å². The van der Waals surface area contributed by atoms with E-state index in [4.69, 9.17) is 16.7 Å². The van der Waals surface area contributed by atoms with E-state index in [2.05, 4.69) is 12.2 Å². The number of anilines is 1. The summed E-state index contributed by atoms with van der Waals surface area (Å²) in [6, 6.07) is 4.26. The molecule has 0 fully saturated rings. The molecule has 0 saturated carbocycles. The monoisotopic (exact) mass is 283 g/mol. The predicted molar refractivity (Wildman–Crippen MR) is 75.7 cm³/mol. The van der Waals surface area contributed by atoms with Crippen molar-refractivity contribution in [3.05, 3.63) is 28.8 Å². The Morgan fingerprint density at radius 2 is 2.11 bits per heavy atom. The number of hydrogen-bond donors (Lipinski definition) is 2. The number of carboxylic acid groups (broad SMARTS) is 1. The molecule has 0 aromatic heterocycles. The number of carboxylic acids is 1. The van der Waals surface area contributed by atoms with E-state index in [1.165, 1.54) is 18.2 Å². The Morgan fingerprint density at radius 3 is 2.63 bits per heavy atom. The van der Waals surface area contributed by atoms with Gasteiger partial charge in [0, 0.05) is 5.92 Å². The summed E-state index contributed by atoms with van der Waals surface area (Å²) in [4.78, 5) is 22.7. The number of carbonyl (C=O) groups is 2. The van der Waals surface area contributed by atoms with Gasteiger partial charge in [0.1, 0.15) is 0 Å². The number of benzene rings is 1. The summed E-state index contributed by atoms with van der Waals surface area (Å²) in [6.45, 7) is 3.94. The maximum atomic E-state index is 11.9. The number of hydrogen-bond acceptors (Lipinski definition) is 2. The lowest BCUT2D eigenvalue weighted by atomic mass is 10.0. The maximum absolute atomic E-state index is 11.9. The smallest absolute Gasteiger partial charge is 0.335 e. The molecule has 1 aromatic rings. The van der Waals surface area contributed by atoms with Crippen molar-refractivity contribution in [2.24, 2.45) is 5.92 Å². The Kier molecular flexibility index (Phi) is 5.83. The highest BCUT2D eigenvalue weighted by Crippen LogP contribution is 2.24. The van der Waals surface area contributed by atoms with Gasteiger partial charge in [-0.15, -0.1) is 0 Å². The van der Waals surface area contributed by atoms with Crippen molar-refractivity contribution >= 4 is 29.2 Å². The van der Waals surface area contributed by atoms with E-state index >= 15 is 0 Å². The van der Waals surface area contributed by atoms with Crippen LogP contribution >= 0.6 is 11.6 Å². The van der Waals surface area contributed by atoms with Gasteiger partial charge in [-0.05, 0) is 24.6 Å². The second-order valence-corrected chi connectivity index (χ2v) is 4.94. The van der Waals surface area contributed by atoms with Gasteiger partial charge in [-0.2, -0.15) is 0 Å². The minimum Gasteiger partial charge on any atom is -0.478 e. The SMILES string of the molecule is CCCCC(C)C(=O)Nc1ccc(C(=O)O)cc1Cl. The van der Waals surface area contributed by atoms with E-state index in [-0.39, 0.29) is 22.4 Å². The van der Waals surface area contributed by atoms with Crippen LogP contribution in [0.4, 0.5) is 5.69 Å². The lowest BCUT2D eigenvalue weighted by molar-refractivity contribution is -0.119. The summed E-state index contributed by atoms with van der Waals surface area (Å²) in [5, 5.41) is 11.8. The molecule has 0 bridgehead atoms. The number of halogens is 1. The average molecular weight is 284 g/mol. The molecule has 0 spiro atoms. The van der Waals surface area contributed by atoms with Crippen LogP contribution in [0.15, 0.2) is 18.2 Å². The summed E-state index contributed by atoms with van der Waals surface area (Å²) in [7, 11) is 0. The Balaban J connectivity index is 2.72. The summed E-state index contributed by atoms with van der Waals surface area (Å²) in [6.07, 6.45) is 2.87. The van der Waals surface area contributed by atoms with Gasteiger partial charge < -0.3 is 10.4 Å². The van der Waals surface area contributed by atoms with Crippen molar-refractivity contribution in [2.75, 3.05) is 5.32 Å². The molecular formula is C14H18ClNO3. The minimum atomic E-state index is -1.05. The highest BCUT2D eigenvalue weighted by Gasteiger charge is 2.14. The first-order valence-electron chi connectivity index (χ1n) is 6.29. The van der Waals surface area contributed by atoms with Gasteiger partial charge in [0.2, 0.25) is 5.91 Å². The molecular weight excluding hydrogens is 266 g/mol. The van der Waals surface area contributed by atoms with Crippen molar-refractivity contribution in [3.8, 4) is 0 Å². The average Bonchev–Trinajstić information content (AvgIpc) is 2.37. The number of amides is 1. The zero-order valence-electron chi connectivity index (χ0n) is 11.1. The molecule has 0 saturated heterocycles. The molecule has 4 nitrogen and oxygen atoms in total. The van der Waals surface area contributed by atoms with Crippen LogP contribution in [0.5, 0.6) is 0 Å². The minimum absolute atomic E-state index is 0.0878. The van der Waals surface area contributed by atoms with E-state index in [0.717, 1.165) is 19.3 Å². The van der Waals surface area contributed by atoms with Crippen LogP contribution in [-0.4, -0.2) is 17.0 Å². The number of nitrogens with one attached hydrogen (secondary N) is 1. The topological polar surface area (TPSA) is 66.4 Å². The van der Waals surface area contributed by atoms with Crippen molar-refractivity contribution in [2.45, 2.75) is 33.1 Å². The zero-order valence-corrected chi connectivity index (χ0v) is 11.8. The van der Waals surface area contributed by atoms with Crippen LogP contribution in [-0.2, 0) is 4.79 Å². The highest BCUT2D eigenvalue weighted by molar-refractivity contribution is 6.34. The molecule has 0 aliphatic heterocycles. The van der Waals surface area contributed by atoms with Crippen LogP contribution in [0.1, 0.15) is 43.5 Å². The van der Waals surface area contributed by atoms with Crippen LogP contribution < -0.4 is 5.32 Å². The molecule has 1 unspecified atom stereocenters. The third-order valence-electron chi connectivity index (χ3n) is 2.91. The quantitative estimate of drug-likeness (QED) is 0.834. The standard InChI is InChI=1S/C14H18ClNO3/c1-3-4-5-9(2)13(17)16-12-7-6-10(14(18)19)8-11(12)15/h6-9H,3-5H2,1-2H3,(H,16,17)(H,18,19). The third kappa shape index (κ3) is 4.56. The van der Waals surface area contributed by atoms with Gasteiger partial charge in [0.15, 0.2) is 0 Å². The molecule has 0 heterocycles. The largest absolute Gasteiger partial charge is 0.478 e. The van der Waals surface area contributed by atoms with Gasteiger partial charge in [0.05, 0.1) is 16.3 Å². The van der Waals surface area contributed by atoms with Crippen LogP contribution in [0.3, 0.4) is 0 Å². The molecule has 0 aliphatic rings. The normalized spacial score (nSPS) is 11.9. The molecule has 0 aliphatic carbocycles. The van der Waals surface area contributed by atoms with E-state index in [0.29, 0.717) is 5.69 Å². The lowest BCUT2D eigenvalue weighted by Crippen LogP contribution is -2.20. The fraction of sp³-hybridized carbons (Fsp3) is 0.429. The van der Waals surface area contributed by atoms with Crippen LogP contribution in [0.2, 0.25) is 5.02 Å². The van der Waals surface area contributed by atoms with Crippen molar-refractivity contribution in [1.29, 1.82) is 0 Å². The van der Waals surface area contributed by atoms with Crippen molar-refractivity contribution in [1.82, 2.24) is 0 Å². The van der Waals surface area contributed by atoms with Crippen molar-refractivity contribution in [3.63, 3.8) is 0 Å². The molecule has 1 aromatic carbocycles.